The van der Waals surface area contributed by atoms with Crippen molar-refractivity contribution in [3.63, 3.8) is 0 Å². The predicted octanol–water partition coefficient (Wildman–Crippen LogP) is 12.4. The van der Waals surface area contributed by atoms with Crippen LogP contribution in [0, 0.1) is 0 Å². The first-order valence-corrected chi connectivity index (χ1v) is 17.6. The average Bonchev–Trinajstić information content (AvgIpc) is 2.91. The van der Waals surface area contributed by atoms with E-state index < -0.39 is 0 Å². The summed E-state index contributed by atoms with van der Waals surface area (Å²) < 4.78 is 0. The first-order valence-electron chi connectivity index (χ1n) is 17.6. The Balaban J connectivity index is 3.64. The number of carbonyl (C=O) groups is 1. The molecule has 0 fully saturated rings. The Bertz CT molecular complexity index is 468. The fourth-order valence-corrected chi connectivity index (χ4v) is 5.58. The smallest absolute Gasteiger partial charge is 0.248 e. The fourth-order valence-electron chi connectivity index (χ4n) is 5.58. The minimum Gasteiger partial charge on any atom is -0.339 e. The summed E-state index contributed by atoms with van der Waals surface area (Å²) in [4.78, 5) is 14.7. The Hall–Kier alpha value is -0.790. The molecule has 226 valence electrons. The lowest BCUT2D eigenvalue weighted by atomic mass is 10.0. The molecule has 0 radical (unpaired) electrons. The van der Waals surface area contributed by atoms with E-state index in [1.165, 1.54) is 167 Å². The van der Waals surface area contributed by atoms with E-state index in [0.29, 0.717) is 5.57 Å². The van der Waals surface area contributed by atoms with Gasteiger partial charge in [0.25, 0.3) is 0 Å². The van der Waals surface area contributed by atoms with Crippen molar-refractivity contribution < 1.29 is 4.79 Å². The third kappa shape index (κ3) is 26.8. The van der Waals surface area contributed by atoms with E-state index in [2.05, 4.69) is 25.3 Å². The molecular weight excluding hydrogens is 462 g/mol. The zero-order chi connectivity index (χ0) is 27.9. The second kappa shape index (κ2) is 30.7. The standard InChI is InChI=1S/C36H71NO/c1-5-7-9-11-13-15-17-19-21-23-25-27-29-31-33-37(36(38)35(3)4)34-32-30-28-26-24-22-20-18-16-14-12-10-8-6-2/h3,5-34H2,1-2,4H3. The van der Waals surface area contributed by atoms with Gasteiger partial charge in [-0.2, -0.15) is 0 Å². The fraction of sp³-hybridized carbons (Fsp3) is 0.917. The zero-order valence-electron chi connectivity index (χ0n) is 26.8. The summed E-state index contributed by atoms with van der Waals surface area (Å²) in [6, 6.07) is 0. The van der Waals surface area contributed by atoms with Gasteiger partial charge in [0.05, 0.1) is 0 Å². The van der Waals surface area contributed by atoms with E-state index in [-0.39, 0.29) is 5.91 Å². The van der Waals surface area contributed by atoms with Crippen molar-refractivity contribution in [2.75, 3.05) is 13.1 Å². The Kier molecular flexibility index (Phi) is 30.1. The van der Waals surface area contributed by atoms with Gasteiger partial charge in [-0.3, -0.25) is 4.79 Å². The third-order valence-electron chi connectivity index (χ3n) is 8.22. The molecule has 1 amide bonds. The molecule has 2 nitrogen and oxygen atoms in total. The van der Waals surface area contributed by atoms with E-state index >= 15 is 0 Å². The largest absolute Gasteiger partial charge is 0.339 e. The Morgan fingerprint density at radius 1 is 0.421 bits per heavy atom. The van der Waals surface area contributed by atoms with Crippen LogP contribution in [0.15, 0.2) is 12.2 Å². The van der Waals surface area contributed by atoms with E-state index in [9.17, 15) is 4.79 Å². The van der Waals surface area contributed by atoms with Crippen LogP contribution in [-0.2, 0) is 4.79 Å². The van der Waals surface area contributed by atoms with E-state index in [1.54, 1.807) is 0 Å². The Morgan fingerprint density at radius 2 is 0.632 bits per heavy atom. The van der Waals surface area contributed by atoms with Crippen LogP contribution in [0.4, 0.5) is 0 Å². The van der Waals surface area contributed by atoms with Crippen molar-refractivity contribution in [3.05, 3.63) is 12.2 Å². The minimum atomic E-state index is 0.175. The number of nitrogens with zero attached hydrogens (tertiary/aromatic N) is 1. The van der Waals surface area contributed by atoms with Crippen molar-refractivity contribution in [2.45, 2.75) is 201 Å². The maximum Gasteiger partial charge on any atom is 0.248 e. The van der Waals surface area contributed by atoms with Crippen LogP contribution in [0.5, 0.6) is 0 Å². The van der Waals surface area contributed by atoms with Crippen molar-refractivity contribution in [1.29, 1.82) is 0 Å². The molecule has 0 aliphatic rings. The number of unbranched alkanes of at least 4 members (excludes halogenated alkanes) is 26. The van der Waals surface area contributed by atoms with Crippen LogP contribution >= 0.6 is 0 Å². The number of rotatable bonds is 31. The van der Waals surface area contributed by atoms with Crippen molar-refractivity contribution in [3.8, 4) is 0 Å². The van der Waals surface area contributed by atoms with Gasteiger partial charge in [0, 0.05) is 18.7 Å². The molecule has 0 spiro atoms. The van der Waals surface area contributed by atoms with Gasteiger partial charge in [0.2, 0.25) is 5.91 Å². The van der Waals surface area contributed by atoms with Gasteiger partial charge >= 0.3 is 0 Å². The summed E-state index contributed by atoms with van der Waals surface area (Å²) >= 11 is 0. The zero-order valence-corrected chi connectivity index (χ0v) is 26.8. The van der Waals surface area contributed by atoms with Gasteiger partial charge in [-0.1, -0.05) is 187 Å². The molecule has 0 aromatic carbocycles. The number of carbonyl (C=O) groups excluding carboxylic acids is 1. The molecule has 0 rings (SSSR count). The molecule has 0 saturated carbocycles. The topological polar surface area (TPSA) is 20.3 Å². The van der Waals surface area contributed by atoms with Gasteiger partial charge < -0.3 is 4.90 Å². The lowest BCUT2D eigenvalue weighted by Gasteiger charge is -2.23. The predicted molar refractivity (Wildman–Crippen MR) is 172 cm³/mol. The molecule has 0 aromatic rings. The molecule has 2 heteroatoms. The van der Waals surface area contributed by atoms with Gasteiger partial charge in [-0.25, -0.2) is 0 Å². The van der Waals surface area contributed by atoms with Crippen LogP contribution in [0.3, 0.4) is 0 Å². The summed E-state index contributed by atoms with van der Waals surface area (Å²) in [6.45, 7) is 12.2. The van der Waals surface area contributed by atoms with Crippen molar-refractivity contribution in [1.82, 2.24) is 4.90 Å². The summed E-state index contributed by atoms with van der Waals surface area (Å²) in [5, 5.41) is 0. The molecule has 0 unspecified atom stereocenters. The number of hydrogen-bond donors (Lipinski definition) is 0. The number of hydrogen-bond acceptors (Lipinski definition) is 1. The van der Waals surface area contributed by atoms with Crippen LogP contribution in [-0.4, -0.2) is 23.9 Å². The molecular formula is C36H71NO. The van der Waals surface area contributed by atoms with Gasteiger partial charge in [0.1, 0.15) is 0 Å². The first-order chi connectivity index (χ1) is 18.6. The molecule has 0 heterocycles. The van der Waals surface area contributed by atoms with Crippen molar-refractivity contribution >= 4 is 5.91 Å². The minimum absolute atomic E-state index is 0.175. The molecule has 0 aliphatic heterocycles. The Morgan fingerprint density at radius 3 is 0.842 bits per heavy atom. The van der Waals surface area contributed by atoms with Gasteiger partial charge in [0.15, 0.2) is 0 Å². The average molecular weight is 534 g/mol. The number of amides is 1. The van der Waals surface area contributed by atoms with Gasteiger partial charge in [-0.15, -0.1) is 0 Å². The first kappa shape index (κ1) is 37.2. The van der Waals surface area contributed by atoms with Crippen molar-refractivity contribution in [2.24, 2.45) is 0 Å². The lowest BCUT2D eigenvalue weighted by molar-refractivity contribution is -0.127. The van der Waals surface area contributed by atoms with Crippen LogP contribution < -0.4 is 0 Å². The maximum absolute atomic E-state index is 12.6. The van der Waals surface area contributed by atoms with E-state index in [0.717, 1.165) is 25.9 Å². The molecule has 0 saturated heterocycles. The summed E-state index contributed by atoms with van der Waals surface area (Å²) in [5.41, 5.74) is 0.695. The van der Waals surface area contributed by atoms with E-state index in [1.807, 2.05) is 6.92 Å². The molecule has 0 aromatic heterocycles. The molecule has 0 atom stereocenters. The Labute approximate surface area is 241 Å². The second-order valence-corrected chi connectivity index (χ2v) is 12.3. The highest BCUT2D eigenvalue weighted by molar-refractivity contribution is 5.92. The molecule has 38 heavy (non-hydrogen) atoms. The van der Waals surface area contributed by atoms with Crippen LogP contribution in [0.25, 0.3) is 0 Å². The molecule has 0 N–H and O–H groups in total. The maximum atomic E-state index is 12.6. The summed E-state index contributed by atoms with van der Waals surface area (Å²) in [5.74, 6) is 0.175. The molecule has 0 aliphatic carbocycles. The quantitative estimate of drug-likeness (QED) is 0.0640. The SMILES string of the molecule is C=C(C)C(=O)N(CCCCCCCCCCCCCCCC)CCCCCCCCCCCCCCCC. The lowest BCUT2D eigenvalue weighted by Crippen LogP contribution is -2.33. The highest BCUT2D eigenvalue weighted by Gasteiger charge is 2.13. The highest BCUT2D eigenvalue weighted by Crippen LogP contribution is 2.15. The monoisotopic (exact) mass is 534 g/mol. The highest BCUT2D eigenvalue weighted by atomic mass is 16.2. The molecule has 0 bridgehead atoms. The third-order valence-corrected chi connectivity index (χ3v) is 8.22. The van der Waals surface area contributed by atoms with Crippen LogP contribution in [0.1, 0.15) is 201 Å². The van der Waals surface area contributed by atoms with Crippen LogP contribution in [0.2, 0.25) is 0 Å². The van der Waals surface area contributed by atoms with Gasteiger partial charge in [-0.05, 0) is 19.8 Å². The summed E-state index contributed by atoms with van der Waals surface area (Å²) in [6.07, 6.45) is 38.6. The summed E-state index contributed by atoms with van der Waals surface area (Å²) in [7, 11) is 0. The van der Waals surface area contributed by atoms with E-state index in [4.69, 9.17) is 0 Å². The normalized spacial score (nSPS) is 11.2. The second-order valence-electron chi connectivity index (χ2n) is 12.3.